The van der Waals surface area contributed by atoms with Gasteiger partial charge in [-0.25, -0.2) is 14.4 Å². The van der Waals surface area contributed by atoms with Crippen molar-refractivity contribution in [1.82, 2.24) is 19.9 Å². The number of nitrogens with two attached hydrogens (primary N) is 1. The van der Waals surface area contributed by atoms with E-state index in [2.05, 4.69) is 67.1 Å². The van der Waals surface area contributed by atoms with E-state index in [1.54, 1.807) is 78.9 Å². The van der Waals surface area contributed by atoms with Crippen LogP contribution in [-0.2, 0) is 20.8 Å². The highest BCUT2D eigenvalue weighted by Crippen LogP contribution is 2.34. The third-order valence-electron chi connectivity index (χ3n) is 23.6. The Hall–Kier alpha value is -13.9. The number of aryl methyl sites for hydroxylation is 3. The monoisotopic (exact) mass is 1750 g/mol. The molecular weight excluding hydrogens is 1640 g/mol. The molecule has 0 aliphatic carbocycles. The molecule has 0 bridgehead atoms. The quantitative estimate of drug-likeness (QED) is 0.0225. The number of morpholine rings is 1. The van der Waals surface area contributed by atoms with Gasteiger partial charge < -0.3 is 80.2 Å². The fourth-order valence-corrected chi connectivity index (χ4v) is 16.9. The van der Waals surface area contributed by atoms with Crippen molar-refractivity contribution in [3.8, 4) is 0 Å². The molecule has 7 aliphatic rings. The number of nitrogens with zero attached hydrogens (tertiary/aromatic N) is 6. The third-order valence-corrected chi connectivity index (χ3v) is 23.6. The van der Waals surface area contributed by atoms with Gasteiger partial charge in [0.2, 0.25) is 16.7 Å². The molecule has 7 fully saturated rings. The zero-order valence-electron chi connectivity index (χ0n) is 73.4. The zero-order chi connectivity index (χ0) is 91.5. The van der Waals surface area contributed by atoms with Crippen molar-refractivity contribution < 1.29 is 67.6 Å². The van der Waals surface area contributed by atoms with Crippen LogP contribution in [0.2, 0.25) is 0 Å². The number of fused-ring (bicyclic) bond motifs is 3. The van der Waals surface area contributed by atoms with Gasteiger partial charge in [0.25, 0.3) is 11.8 Å². The number of amides is 2. The number of aromatic carboxylic acids is 2. The number of anilines is 8. The molecule has 0 atom stereocenters. The highest BCUT2D eigenvalue weighted by atomic mass is 16.5. The number of carboxylic acid groups (broad SMARTS) is 2. The smallest absolute Gasteiger partial charge is 0.339 e. The predicted molar refractivity (Wildman–Crippen MR) is 505 cm³/mol. The first-order valence-corrected chi connectivity index (χ1v) is 44.0. The van der Waals surface area contributed by atoms with Gasteiger partial charge >= 0.3 is 17.9 Å². The molecule has 674 valence electrons. The van der Waals surface area contributed by atoms with Gasteiger partial charge in [0, 0.05) is 200 Å². The van der Waals surface area contributed by atoms with Gasteiger partial charge in [-0.3, -0.25) is 48.1 Å². The maximum absolute atomic E-state index is 13.5. The molecule has 18 rings (SSSR count). The predicted octanol–water partition coefficient (Wildman–Crippen LogP) is 15.1. The number of ether oxygens (including phenoxy) is 3. The number of H-pyrrole nitrogens is 3. The van der Waals surface area contributed by atoms with Gasteiger partial charge in [-0.05, 0) is 266 Å². The first kappa shape index (κ1) is 94.2. The first-order chi connectivity index (χ1) is 62.5. The number of nitrogens with one attached hydrogen (secondary N) is 5. The number of hydrogen-bond acceptors (Lipinski definition) is 22. The molecule has 29 nitrogen and oxygen atoms in total. The minimum atomic E-state index is -0.981. The highest BCUT2D eigenvalue weighted by molar-refractivity contribution is 6.11. The van der Waals surface area contributed by atoms with Crippen LogP contribution in [0.4, 0.5) is 45.5 Å². The summed E-state index contributed by atoms with van der Waals surface area (Å²) in [5.74, 6) is -2.72. The van der Waals surface area contributed by atoms with Crippen molar-refractivity contribution in [2.24, 2.45) is 0 Å². The van der Waals surface area contributed by atoms with Crippen molar-refractivity contribution in [3.63, 3.8) is 0 Å². The summed E-state index contributed by atoms with van der Waals surface area (Å²) in [5.41, 5.74) is 21.5. The lowest BCUT2D eigenvalue weighted by molar-refractivity contribution is 0.0341. The Morgan fingerprint density at radius 3 is 1.03 bits per heavy atom. The minimum absolute atomic E-state index is 0.0743. The Balaban J connectivity index is 0.000000143. The van der Waals surface area contributed by atoms with E-state index in [1.807, 2.05) is 75.4 Å². The van der Waals surface area contributed by atoms with Crippen LogP contribution < -0.4 is 57.5 Å². The van der Waals surface area contributed by atoms with Crippen LogP contribution in [0.5, 0.6) is 0 Å². The second-order valence-corrected chi connectivity index (χ2v) is 32.7. The van der Waals surface area contributed by atoms with Gasteiger partial charge in [-0.2, -0.15) is 0 Å². The third kappa shape index (κ3) is 25.5. The SMILES string of the molecule is C1CCOCC1.COC(=O)c1cc(C=O)ccc1N1CCCC1.Cc1cc(=O)[nH]c2ccc(N)cc12.Cc1cc(=O)[nH]c2ccc(NC(=O)c3cc(C=O)ccc3N3CCCC3)cc12.Cc1cc(=O)[nH]c2ccc(NC(=O)c3cc(CN4CCOCC4)ccc3N3CCCC3)cc12.O=Cc1ccc(N2CCCC2)c(C(=O)O)c1.O=Cc1ccc(N2CCCC2)c(C(=O)O)c1. The summed E-state index contributed by atoms with van der Waals surface area (Å²) < 4.78 is 15.3. The lowest BCUT2D eigenvalue weighted by atomic mass is 10.1. The number of aldehydes is 4. The Labute approximate surface area is 747 Å². The normalized spacial score (nSPS) is 15.2. The van der Waals surface area contributed by atoms with E-state index in [0.29, 0.717) is 68.6 Å². The summed E-state index contributed by atoms with van der Waals surface area (Å²) in [6, 6.07) is 47.4. The summed E-state index contributed by atoms with van der Waals surface area (Å²) in [4.78, 5) is 160. The number of carbonyl (C=O) groups excluding carboxylic acids is 7. The standard InChI is InChI=1S/C26H30N4O3.C22H21N3O3.C13H15NO3.2C12H13NO3.C10H10N2O.C5H10O/c1-18-14-25(31)28-23-6-5-20(16-21(18)23)27-26(32)22-15-19(17-29-10-12-33-13-11-29)4-7-24(22)30-8-2-3-9-30;1-14-10-21(27)24-19-6-5-16(12-17(14)19)23-22(28)18-11-15(13-26)4-7-20(18)25-8-2-3-9-25;1-17-13(16)11-8-10(9-15)4-5-12(11)14-6-2-3-7-14;2*14-8-9-3-4-11(10(7-9)12(15)16)13-5-1-2-6-13;1-6-4-10(13)12-9-3-2-7(11)5-8(6)9;1-2-4-6-5-3-1/h4-7,14-16H,2-3,8-13,17H2,1H3,(H,27,32)(H,28,31);4-7,10-13H,2-3,8-9H2,1H3,(H,23,28)(H,24,27);4-5,8-9H,2-3,6-7H2,1H3;2*3-4,7-8H,1-2,5-6H2,(H,15,16);2-5H,11H2,1H3,(H,12,13);1-5H2. The summed E-state index contributed by atoms with van der Waals surface area (Å²) in [6.45, 7) is 21.0. The Bertz CT molecular complexity index is 5950. The molecule has 10 heterocycles. The number of pyridine rings is 3. The summed E-state index contributed by atoms with van der Waals surface area (Å²) >= 11 is 0. The molecule has 0 saturated carbocycles. The number of aromatic nitrogens is 3. The molecule has 9 N–H and O–H groups in total. The average Bonchev–Trinajstić information content (AvgIpc) is 1.80. The van der Waals surface area contributed by atoms with Crippen LogP contribution >= 0.6 is 0 Å². The van der Waals surface area contributed by atoms with Crippen molar-refractivity contribution in [3.05, 3.63) is 267 Å². The fourth-order valence-electron chi connectivity index (χ4n) is 16.9. The second kappa shape index (κ2) is 46.0. The molecule has 7 saturated heterocycles. The molecule has 29 heteroatoms. The van der Waals surface area contributed by atoms with E-state index < -0.39 is 17.9 Å². The number of methoxy groups -OCH3 is 1. The molecule has 3 aromatic heterocycles. The van der Waals surface area contributed by atoms with Crippen molar-refractivity contribution in [2.45, 2.75) is 111 Å². The van der Waals surface area contributed by atoms with Gasteiger partial charge in [0.15, 0.2) is 0 Å². The van der Waals surface area contributed by atoms with Crippen LogP contribution in [0.3, 0.4) is 0 Å². The van der Waals surface area contributed by atoms with Gasteiger partial charge in [-0.1, -0.05) is 6.07 Å². The largest absolute Gasteiger partial charge is 0.478 e. The molecule has 11 aromatic rings. The van der Waals surface area contributed by atoms with E-state index in [0.717, 1.165) is 272 Å². The van der Waals surface area contributed by atoms with Crippen LogP contribution in [0.25, 0.3) is 32.7 Å². The Kier molecular flexibility index (Phi) is 33.6. The van der Waals surface area contributed by atoms with Crippen LogP contribution in [0, 0.1) is 20.8 Å². The first-order valence-electron chi connectivity index (χ1n) is 44.0. The van der Waals surface area contributed by atoms with E-state index in [9.17, 15) is 57.5 Å². The van der Waals surface area contributed by atoms with E-state index >= 15 is 0 Å². The number of benzene rings is 8. The molecule has 0 unspecified atom stereocenters. The summed E-state index contributed by atoms with van der Waals surface area (Å²) in [7, 11) is 1.35. The molecule has 8 aromatic carbocycles. The molecule has 129 heavy (non-hydrogen) atoms. The minimum Gasteiger partial charge on any atom is -0.478 e. The van der Waals surface area contributed by atoms with Crippen LogP contribution in [-0.4, -0.2) is 197 Å². The Morgan fingerprint density at radius 1 is 0.372 bits per heavy atom. The number of carbonyl (C=O) groups is 9. The number of nitrogen functional groups attached to an aromatic ring is 1. The number of rotatable bonds is 18. The van der Waals surface area contributed by atoms with E-state index in [-0.39, 0.29) is 39.6 Å². The molecule has 2 amide bonds. The number of esters is 1. The molecular formula is C100H112N12O17. The lowest BCUT2D eigenvalue weighted by Crippen LogP contribution is -2.35. The maximum Gasteiger partial charge on any atom is 0.339 e. The summed E-state index contributed by atoms with van der Waals surface area (Å²) in [5, 5.41) is 27.0. The summed E-state index contributed by atoms with van der Waals surface area (Å²) in [6.07, 6.45) is 17.9. The van der Waals surface area contributed by atoms with Crippen LogP contribution in [0.1, 0.15) is 199 Å². The van der Waals surface area contributed by atoms with Crippen molar-refractivity contribution >= 4 is 133 Å². The zero-order valence-corrected chi connectivity index (χ0v) is 73.4. The fraction of sp³-hybridized carbons (Fsp3) is 0.340. The number of aromatic amines is 3. The van der Waals surface area contributed by atoms with Crippen molar-refractivity contribution in [1.29, 1.82) is 0 Å². The molecule has 0 spiro atoms. The van der Waals surface area contributed by atoms with Gasteiger partial charge in [0.1, 0.15) is 25.1 Å². The van der Waals surface area contributed by atoms with Gasteiger partial charge in [-0.15, -0.1) is 0 Å². The Morgan fingerprint density at radius 2 is 0.690 bits per heavy atom. The number of hydrogen-bond donors (Lipinski definition) is 8. The molecule has 7 aliphatic heterocycles. The average molecular weight is 1750 g/mol. The molecule has 0 radical (unpaired) electrons. The lowest BCUT2D eigenvalue weighted by Gasteiger charge is -2.27. The maximum atomic E-state index is 13.5. The van der Waals surface area contributed by atoms with Crippen LogP contribution in [0.15, 0.2) is 178 Å². The number of carboxylic acids is 2. The van der Waals surface area contributed by atoms with E-state index in [4.69, 9.17) is 30.2 Å². The van der Waals surface area contributed by atoms with Crippen molar-refractivity contribution in [2.75, 3.05) is 153 Å². The van der Waals surface area contributed by atoms with E-state index in [1.165, 1.54) is 44.6 Å². The topological polar surface area (TPSA) is 390 Å². The van der Waals surface area contributed by atoms with Gasteiger partial charge in [0.05, 0.1) is 65.2 Å². The second-order valence-electron chi connectivity index (χ2n) is 32.7. The highest BCUT2D eigenvalue weighted by Gasteiger charge is 2.27.